The first-order chi connectivity index (χ1) is 17.5. The number of halogens is 2. The molecule has 1 aliphatic rings. The van der Waals surface area contributed by atoms with Crippen LogP contribution in [0.3, 0.4) is 0 Å². The number of aliphatic hydroxyl groups is 1. The number of fused-ring (bicyclic) bond motifs is 1. The van der Waals surface area contributed by atoms with Crippen molar-refractivity contribution in [3.63, 3.8) is 0 Å². The van der Waals surface area contributed by atoms with E-state index in [1.54, 1.807) is 42.4 Å². The lowest BCUT2D eigenvalue weighted by Gasteiger charge is -2.28. The molecule has 0 aliphatic carbocycles. The lowest BCUT2D eigenvalue weighted by atomic mass is 10.1. The topological polar surface area (TPSA) is 97.4 Å². The number of aliphatic hydroxyl groups excluding tert-OH is 1. The average Bonchev–Trinajstić information content (AvgIpc) is 3.57. The maximum atomic E-state index is 15.2. The first kappa shape index (κ1) is 23.7. The van der Waals surface area contributed by atoms with Crippen LogP contribution in [0.15, 0.2) is 61.1 Å². The van der Waals surface area contributed by atoms with Crippen molar-refractivity contribution in [2.75, 3.05) is 36.5 Å². The zero-order valence-corrected chi connectivity index (χ0v) is 19.7. The molecular weight excluding hydrogens is 466 g/mol. The van der Waals surface area contributed by atoms with Crippen LogP contribution in [0.25, 0.3) is 11.0 Å². The number of carbonyl (C=O) groups excluding carboxylic acids is 1. The molecule has 1 saturated heterocycles. The molecule has 2 aromatic carbocycles. The number of likely N-dealkylation sites (N-methyl/N-ethyl adjacent to an activating group) is 1. The number of nitrogens with zero attached hydrogens (tertiary/aromatic N) is 4. The number of aromatic amines is 1. The fourth-order valence-corrected chi connectivity index (χ4v) is 4.74. The van der Waals surface area contributed by atoms with Crippen LogP contribution in [0.5, 0.6) is 0 Å². The zero-order valence-electron chi connectivity index (χ0n) is 19.7. The van der Waals surface area contributed by atoms with E-state index in [0.29, 0.717) is 25.1 Å². The monoisotopic (exact) mass is 492 g/mol. The lowest BCUT2D eigenvalue weighted by Crippen LogP contribution is -2.36. The second kappa shape index (κ2) is 9.90. The molecule has 36 heavy (non-hydrogen) atoms. The van der Waals surface area contributed by atoms with E-state index in [0.717, 1.165) is 29.0 Å². The molecule has 1 aliphatic heterocycles. The number of carbonyl (C=O) groups is 1. The number of H-pyrrole nitrogens is 1. The number of hydrogen-bond acceptors (Lipinski definition) is 6. The van der Waals surface area contributed by atoms with Gasteiger partial charge in [0.2, 0.25) is 0 Å². The fourth-order valence-electron chi connectivity index (χ4n) is 4.74. The van der Waals surface area contributed by atoms with Crippen LogP contribution in [-0.2, 0) is 0 Å². The lowest BCUT2D eigenvalue weighted by molar-refractivity contribution is 0.0915. The minimum absolute atomic E-state index is 0.152. The van der Waals surface area contributed by atoms with Crippen molar-refractivity contribution in [3.05, 3.63) is 83.8 Å². The first-order valence-electron chi connectivity index (χ1n) is 11.7. The molecule has 0 bridgehead atoms. The predicted molar refractivity (Wildman–Crippen MR) is 133 cm³/mol. The van der Waals surface area contributed by atoms with Crippen molar-refractivity contribution in [2.45, 2.75) is 18.5 Å². The summed E-state index contributed by atoms with van der Waals surface area (Å²) < 4.78 is 30.3. The molecule has 0 spiro atoms. The van der Waals surface area contributed by atoms with Gasteiger partial charge in [-0.15, -0.1) is 0 Å². The van der Waals surface area contributed by atoms with E-state index in [9.17, 15) is 9.90 Å². The average molecular weight is 493 g/mol. The van der Waals surface area contributed by atoms with Crippen molar-refractivity contribution in [3.8, 4) is 0 Å². The van der Waals surface area contributed by atoms with E-state index in [1.807, 2.05) is 12.1 Å². The summed E-state index contributed by atoms with van der Waals surface area (Å²) in [4.78, 5) is 28.1. The quantitative estimate of drug-likeness (QED) is 0.366. The Hall–Kier alpha value is -4.05. The second-order valence-electron chi connectivity index (χ2n) is 8.84. The smallest absolute Gasteiger partial charge is 0.252 e. The molecule has 0 unspecified atom stereocenters. The molecule has 4 aromatic rings. The van der Waals surface area contributed by atoms with Gasteiger partial charge in [0.1, 0.15) is 35.1 Å². The largest absolute Gasteiger partial charge is 0.394 e. The minimum Gasteiger partial charge on any atom is -0.394 e. The Balaban J connectivity index is 1.32. The molecule has 186 valence electrons. The van der Waals surface area contributed by atoms with Crippen molar-refractivity contribution >= 4 is 28.4 Å². The van der Waals surface area contributed by atoms with Crippen LogP contribution >= 0.6 is 0 Å². The van der Waals surface area contributed by atoms with Crippen LogP contribution < -0.4 is 15.1 Å². The molecule has 0 saturated carbocycles. The van der Waals surface area contributed by atoms with Gasteiger partial charge in [-0.05, 0) is 30.2 Å². The van der Waals surface area contributed by atoms with E-state index < -0.39 is 23.6 Å². The van der Waals surface area contributed by atoms with Crippen molar-refractivity contribution < 1.29 is 18.7 Å². The summed E-state index contributed by atoms with van der Waals surface area (Å²) in [6.45, 7) is 0.864. The highest BCUT2D eigenvalue weighted by molar-refractivity contribution is 5.95. The maximum absolute atomic E-state index is 15.2. The third-order valence-electron chi connectivity index (χ3n) is 6.67. The maximum Gasteiger partial charge on any atom is 0.252 e. The van der Waals surface area contributed by atoms with Gasteiger partial charge in [-0.2, -0.15) is 0 Å². The Bertz CT molecular complexity index is 1360. The number of hydrogen-bond donors (Lipinski definition) is 3. The van der Waals surface area contributed by atoms with Crippen LogP contribution in [0, 0.1) is 11.6 Å². The number of nitrogens with one attached hydrogen (secondary N) is 2. The number of aromatic nitrogens is 3. The number of benzene rings is 2. The molecule has 2 aromatic heterocycles. The van der Waals surface area contributed by atoms with Crippen molar-refractivity contribution in [2.24, 2.45) is 0 Å². The Labute approximate surface area is 206 Å². The van der Waals surface area contributed by atoms with Gasteiger partial charge in [0.05, 0.1) is 18.0 Å². The van der Waals surface area contributed by atoms with Crippen LogP contribution in [0.1, 0.15) is 28.4 Å². The third kappa shape index (κ3) is 4.47. The second-order valence-corrected chi connectivity index (χ2v) is 8.84. The SMILES string of the molecule is CN(c1c(F)cc(C(=O)N[C@H](CO)c2ccccc2)cc1F)[C@@H]1CCN(c2ncnc3[nH]ccc23)C1. The van der Waals surface area contributed by atoms with E-state index in [2.05, 4.69) is 25.2 Å². The summed E-state index contributed by atoms with van der Waals surface area (Å²) in [5, 5.41) is 13.2. The van der Waals surface area contributed by atoms with Crippen LogP contribution in [0.2, 0.25) is 0 Å². The van der Waals surface area contributed by atoms with Crippen molar-refractivity contribution in [1.82, 2.24) is 20.3 Å². The molecule has 10 heteroatoms. The van der Waals surface area contributed by atoms with Gasteiger partial charge >= 0.3 is 0 Å². The molecular formula is C26H26F2N6O2. The number of amides is 1. The molecule has 5 rings (SSSR count). The molecule has 8 nitrogen and oxygen atoms in total. The summed E-state index contributed by atoms with van der Waals surface area (Å²) in [7, 11) is 1.65. The fraction of sp³-hybridized carbons (Fsp3) is 0.269. The summed E-state index contributed by atoms with van der Waals surface area (Å²) in [6, 6.07) is 12.0. The highest BCUT2D eigenvalue weighted by atomic mass is 19.1. The van der Waals surface area contributed by atoms with E-state index in [4.69, 9.17) is 0 Å². The minimum atomic E-state index is -0.823. The van der Waals surface area contributed by atoms with E-state index >= 15 is 8.78 Å². The standard InChI is InChI=1S/C26H26F2N6O2/c1-33(18-8-10-34(13-18)25-19-7-9-29-24(19)30-15-31-25)23-20(27)11-17(12-21(23)28)26(36)32-22(14-35)16-5-3-2-4-6-16/h2-7,9,11-12,15,18,22,35H,8,10,13-14H2,1H3,(H,32,36)(H,29,30,31)/t18-,22-/m1/s1. The van der Waals surface area contributed by atoms with Gasteiger partial charge < -0.3 is 25.2 Å². The molecule has 3 heterocycles. The highest BCUT2D eigenvalue weighted by Gasteiger charge is 2.31. The van der Waals surface area contributed by atoms with Gasteiger partial charge in [0, 0.05) is 37.9 Å². The molecule has 1 fully saturated rings. The predicted octanol–water partition coefficient (Wildman–Crippen LogP) is 3.41. The van der Waals surface area contributed by atoms with Gasteiger partial charge in [0.15, 0.2) is 0 Å². The summed E-state index contributed by atoms with van der Waals surface area (Å²) >= 11 is 0. The summed E-state index contributed by atoms with van der Waals surface area (Å²) in [5.41, 5.74) is 1.09. The van der Waals surface area contributed by atoms with Gasteiger partial charge in [-0.25, -0.2) is 18.7 Å². The Morgan fingerprint density at radius 2 is 1.97 bits per heavy atom. The molecule has 1 amide bonds. The number of anilines is 2. The summed E-state index contributed by atoms with van der Waals surface area (Å²) in [6.07, 6.45) is 3.98. The van der Waals surface area contributed by atoms with E-state index in [-0.39, 0.29) is 23.9 Å². The summed E-state index contributed by atoms with van der Waals surface area (Å²) in [5.74, 6) is -1.54. The Morgan fingerprint density at radius 3 is 2.69 bits per heavy atom. The third-order valence-corrected chi connectivity index (χ3v) is 6.67. The van der Waals surface area contributed by atoms with Gasteiger partial charge in [0.25, 0.3) is 5.91 Å². The van der Waals surface area contributed by atoms with Gasteiger partial charge in [-0.1, -0.05) is 30.3 Å². The Morgan fingerprint density at radius 1 is 1.22 bits per heavy atom. The molecule has 3 N–H and O–H groups in total. The molecule has 2 atom stereocenters. The number of rotatable bonds is 7. The zero-order chi connectivity index (χ0) is 25.2. The van der Waals surface area contributed by atoms with Gasteiger partial charge in [-0.3, -0.25) is 4.79 Å². The van der Waals surface area contributed by atoms with E-state index in [1.165, 1.54) is 6.33 Å². The van der Waals surface area contributed by atoms with Crippen LogP contribution in [-0.4, -0.2) is 58.8 Å². The van der Waals surface area contributed by atoms with Crippen molar-refractivity contribution in [1.29, 1.82) is 0 Å². The Kier molecular flexibility index (Phi) is 6.51. The van der Waals surface area contributed by atoms with Crippen LogP contribution in [0.4, 0.5) is 20.3 Å². The normalized spacial score (nSPS) is 16.3. The highest BCUT2D eigenvalue weighted by Crippen LogP contribution is 2.31. The molecule has 0 radical (unpaired) electrons. The first-order valence-corrected chi connectivity index (χ1v) is 11.7.